The van der Waals surface area contributed by atoms with Crippen LogP contribution in [0.5, 0.6) is 0 Å². The van der Waals surface area contributed by atoms with Crippen molar-refractivity contribution in [1.82, 2.24) is 25.0 Å². The number of hydrogen-bond donors (Lipinski definition) is 2. The summed E-state index contributed by atoms with van der Waals surface area (Å²) in [6.07, 6.45) is 6.52. The van der Waals surface area contributed by atoms with E-state index in [9.17, 15) is 5.11 Å². The summed E-state index contributed by atoms with van der Waals surface area (Å²) >= 11 is 0. The Morgan fingerprint density at radius 1 is 1.50 bits per heavy atom. The maximum absolute atomic E-state index is 9.73. The highest BCUT2D eigenvalue weighted by Gasteiger charge is 2.40. The molecular weight excluding hydrogens is 254 g/mol. The predicted octanol–water partition coefficient (Wildman–Crippen LogP) is 0.234. The first-order chi connectivity index (χ1) is 9.77. The standard InChI is InChI=1S/C14H25N5O/c1-15-14(10-20)5-2-3-12(14)4-6-18-7-8-19-11-16-17-13(19)9-18/h11-12,15,20H,2-10H2,1H3. The van der Waals surface area contributed by atoms with Crippen LogP contribution in [0.1, 0.15) is 31.5 Å². The molecule has 1 aromatic rings. The van der Waals surface area contributed by atoms with Gasteiger partial charge in [-0.2, -0.15) is 0 Å². The van der Waals surface area contributed by atoms with Gasteiger partial charge in [-0.3, -0.25) is 4.90 Å². The number of nitrogens with one attached hydrogen (secondary N) is 1. The highest BCUT2D eigenvalue weighted by atomic mass is 16.3. The lowest BCUT2D eigenvalue weighted by Gasteiger charge is -2.35. The molecule has 112 valence electrons. The van der Waals surface area contributed by atoms with Crippen molar-refractivity contribution >= 4 is 0 Å². The molecule has 1 aliphatic heterocycles. The van der Waals surface area contributed by atoms with Crippen molar-refractivity contribution in [1.29, 1.82) is 0 Å². The first-order valence-electron chi connectivity index (χ1n) is 7.66. The molecule has 6 nitrogen and oxygen atoms in total. The second-order valence-corrected chi connectivity index (χ2v) is 6.16. The monoisotopic (exact) mass is 279 g/mol. The summed E-state index contributed by atoms with van der Waals surface area (Å²) in [5, 5.41) is 21.2. The SMILES string of the molecule is CNC1(CO)CCCC1CCN1CCn2cnnc2C1. The fourth-order valence-corrected chi connectivity index (χ4v) is 3.83. The maximum atomic E-state index is 9.73. The third-order valence-electron chi connectivity index (χ3n) is 5.25. The highest BCUT2D eigenvalue weighted by Crippen LogP contribution is 2.37. The van der Waals surface area contributed by atoms with Crippen molar-refractivity contribution in [3.63, 3.8) is 0 Å². The molecule has 0 amide bonds. The van der Waals surface area contributed by atoms with Crippen molar-refractivity contribution in [2.24, 2.45) is 5.92 Å². The molecule has 2 N–H and O–H groups in total. The fraction of sp³-hybridized carbons (Fsp3) is 0.857. The van der Waals surface area contributed by atoms with Crippen LogP contribution in [0.2, 0.25) is 0 Å². The van der Waals surface area contributed by atoms with Gasteiger partial charge in [0.1, 0.15) is 12.2 Å². The van der Waals surface area contributed by atoms with E-state index in [1.165, 1.54) is 12.8 Å². The zero-order valence-electron chi connectivity index (χ0n) is 12.3. The van der Waals surface area contributed by atoms with Crippen LogP contribution < -0.4 is 5.32 Å². The molecule has 0 aromatic carbocycles. The Bertz CT molecular complexity index is 443. The molecule has 1 fully saturated rings. The molecule has 0 bridgehead atoms. The van der Waals surface area contributed by atoms with Crippen molar-refractivity contribution in [3.05, 3.63) is 12.2 Å². The van der Waals surface area contributed by atoms with Crippen LogP contribution in [-0.4, -0.2) is 57.1 Å². The van der Waals surface area contributed by atoms with Gasteiger partial charge in [0.15, 0.2) is 0 Å². The van der Waals surface area contributed by atoms with E-state index in [1.54, 1.807) is 0 Å². The Morgan fingerprint density at radius 2 is 2.40 bits per heavy atom. The van der Waals surface area contributed by atoms with Crippen molar-refractivity contribution < 1.29 is 5.11 Å². The summed E-state index contributed by atoms with van der Waals surface area (Å²) in [4.78, 5) is 2.46. The topological polar surface area (TPSA) is 66.2 Å². The summed E-state index contributed by atoms with van der Waals surface area (Å²) < 4.78 is 2.14. The second kappa shape index (κ2) is 5.79. The van der Waals surface area contributed by atoms with Gasteiger partial charge < -0.3 is 15.0 Å². The number of rotatable bonds is 5. The molecule has 3 rings (SSSR count). The largest absolute Gasteiger partial charge is 0.394 e. The highest BCUT2D eigenvalue weighted by molar-refractivity contribution is 4.98. The van der Waals surface area contributed by atoms with Gasteiger partial charge in [0.05, 0.1) is 13.2 Å². The molecule has 0 saturated heterocycles. The van der Waals surface area contributed by atoms with Gasteiger partial charge in [-0.15, -0.1) is 10.2 Å². The van der Waals surface area contributed by atoms with Crippen molar-refractivity contribution in [3.8, 4) is 0 Å². The number of nitrogens with zero attached hydrogens (tertiary/aromatic N) is 4. The zero-order chi connectivity index (χ0) is 14.0. The average Bonchev–Trinajstić information content (AvgIpc) is 3.11. The summed E-state index contributed by atoms with van der Waals surface area (Å²) in [7, 11) is 1.98. The summed E-state index contributed by atoms with van der Waals surface area (Å²) in [5.41, 5.74) is -0.0458. The van der Waals surface area contributed by atoms with Gasteiger partial charge in [-0.1, -0.05) is 6.42 Å². The van der Waals surface area contributed by atoms with Gasteiger partial charge in [-0.05, 0) is 38.8 Å². The van der Waals surface area contributed by atoms with Gasteiger partial charge in [0, 0.05) is 18.6 Å². The van der Waals surface area contributed by atoms with Gasteiger partial charge in [-0.25, -0.2) is 0 Å². The van der Waals surface area contributed by atoms with Crippen LogP contribution in [-0.2, 0) is 13.1 Å². The van der Waals surface area contributed by atoms with E-state index in [0.29, 0.717) is 5.92 Å². The Kier molecular flexibility index (Phi) is 4.05. The normalized spacial score (nSPS) is 30.6. The van der Waals surface area contributed by atoms with Crippen LogP contribution in [0.3, 0.4) is 0 Å². The number of hydrogen-bond acceptors (Lipinski definition) is 5. The number of likely N-dealkylation sites (N-methyl/N-ethyl adjacent to an activating group) is 1. The van der Waals surface area contributed by atoms with E-state index in [0.717, 1.165) is 44.8 Å². The molecule has 6 heteroatoms. The molecule has 2 heterocycles. The van der Waals surface area contributed by atoms with E-state index >= 15 is 0 Å². The van der Waals surface area contributed by atoms with Gasteiger partial charge in [0.2, 0.25) is 0 Å². The molecule has 2 aliphatic rings. The lowest BCUT2D eigenvalue weighted by molar-refractivity contribution is 0.113. The molecule has 2 atom stereocenters. The van der Waals surface area contributed by atoms with E-state index in [2.05, 4.69) is 25.0 Å². The van der Waals surface area contributed by atoms with E-state index in [1.807, 2.05) is 13.4 Å². The van der Waals surface area contributed by atoms with Crippen LogP contribution in [0.25, 0.3) is 0 Å². The van der Waals surface area contributed by atoms with Crippen LogP contribution in [0, 0.1) is 5.92 Å². The minimum Gasteiger partial charge on any atom is -0.394 e. The Labute approximate surface area is 120 Å². The van der Waals surface area contributed by atoms with E-state index < -0.39 is 0 Å². The molecule has 1 aliphatic carbocycles. The fourth-order valence-electron chi connectivity index (χ4n) is 3.83. The minimum absolute atomic E-state index is 0.0458. The van der Waals surface area contributed by atoms with Crippen molar-refractivity contribution in [2.75, 3.05) is 26.7 Å². The Balaban J connectivity index is 1.55. The Morgan fingerprint density at radius 3 is 3.20 bits per heavy atom. The number of aromatic nitrogens is 3. The summed E-state index contributed by atoms with van der Waals surface area (Å²) in [5.74, 6) is 1.65. The number of aliphatic hydroxyl groups excluding tert-OH is 1. The molecule has 1 aromatic heterocycles. The molecule has 0 radical (unpaired) electrons. The first-order valence-corrected chi connectivity index (χ1v) is 7.66. The second-order valence-electron chi connectivity index (χ2n) is 6.16. The summed E-state index contributed by atoms with van der Waals surface area (Å²) in [6.45, 7) is 4.30. The number of aliphatic hydroxyl groups is 1. The van der Waals surface area contributed by atoms with Crippen molar-refractivity contribution in [2.45, 2.75) is 44.3 Å². The van der Waals surface area contributed by atoms with Crippen LogP contribution in [0.15, 0.2) is 6.33 Å². The predicted molar refractivity (Wildman–Crippen MR) is 76.1 cm³/mol. The van der Waals surface area contributed by atoms with Crippen LogP contribution in [0.4, 0.5) is 0 Å². The third kappa shape index (κ3) is 2.47. The molecule has 20 heavy (non-hydrogen) atoms. The molecule has 0 spiro atoms. The van der Waals surface area contributed by atoms with Crippen LogP contribution >= 0.6 is 0 Å². The first kappa shape index (κ1) is 14.0. The Hall–Kier alpha value is -0.980. The zero-order valence-corrected chi connectivity index (χ0v) is 12.3. The van der Waals surface area contributed by atoms with E-state index in [-0.39, 0.29) is 12.1 Å². The van der Waals surface area contributed by atoms with Gasteiger partial charge in [0.25, 0.3) is 0 Å². The lowest BCUT2D eigenvalue weighted by atomic mass is 9.85. The lowest BCUT2D eigenvalue weighted by Crippen LogP contribution is -2.50. The van der Waals surface area contributed by atoms with Gasteiger partial charge >= 0.3 is 0 Å². The minimum atomic E-state index is -0.0458. The molecular formula is C14H25N5O. The summed E-state index contributed by atoms with van der Waals surface area (Å²) in [6, 6.07) is 0. The average molecular weight is 279 g/mol. The smallest absolute Gasteiger partial charge is 0.147 e. The number of fused-ring (bicyclic) bond motifs is 1. The quantitative estimate of drug-likeness (QED) is 0.808. The molecule has 1 saturated carbocycles. The molecule has 2 unspecified atom stereocenters. The van der Waals surface area contributed by atoms with E-state index in [4.69, 9.17) is 0 Å². The third-order valence-corrected chi connectivity index (χ3v) is 5.25. The maximum Gasteiger partial charge on any atom is 0.147 e.